The first-order chi connectivity index (χ1) is 16.0. The summed E-state index contributed by atoms with van der Waals surface area (Å²) in [7, 11) is 0. The Bertz CT molecular complexity index is 684. The minimum atomic E-state index is -1.26. The van der Waals surface area contributed by atoms with Crippen molar-refractivity contribution in [3.63, 3.8) is 0 Å². The van der Waals surface area contributed by atoms with Gasteiger partial charge >= 0.3 is 5.97 Å². The molecule has 0 saturated carbocycles. The van der Waals surface area contributed by atoms with Crippen LogP contribution in [0.4, 0.5) is 0 Å². The fourth-order valence-electron chi connectivity index (χ4n) is 4.38. The SMILES string of the molecule is CCCCCCCCCOc1c(CCCCCC)c(CCCCCC)c(O)c(O)c1C(=O)O. The standard InChI is InChI=1S/C28H48O5/c1-4-7-10-13-14-15-18-21-33-27-23(20-17-12-9-6-3)22(19-16-11-8-5-2)25(29)26(30)24(27)28(31)32/h29-30H,4-21H2,1-3H3,(H,31,32). The lowest BCUT2D eigenvalue weighted by Gasteiger charge is -2.21. The van der Waals surface area contributed by atoms with Crippen molar-refractivity contribution in [3.05, 3.63) is 16.7 Å². The van der Waals surface area contributed by atoms with Crippen LogP contribution in [0, 0.1) is 0 Å². The normalized spacial score (nSPS) is 11.1. The predicted molar refractivity (Wildman–Crippen MR) is 136 cm³/mol. The number of aromatic hydroxyl groups is 2. The maximum atomic E-state index is 12.0. The largest absolute Gasteiger partial charge is 0.504 e. The summed E-state index contributed by atoms with van der Waals surface area (Å²) in [6.45, 7) is 6.94. The van der Waals surface area contributed by atoms with E-state index in [-0.39, 0.29) is 17.1 Å². The molecule has 0 aliphatic rings. The van der Waals surface area contributed by atoms with Crippen molar-refractivity contribution < 1.29 is 24.9 Å². The van der Waals surface area contributed by atoms with Gasteiger partial charge < -0.3 is 20.1 Å². The highest BCUT2D eigenvalue weighted by molar-refractivity contribution is 5.96. The fourth-order valence-corrected chi connectivity index (χ4v) is 4.38. The number of hydrogen-bond donors (Lipinski definition) is 3. The summed E-state index contributed by atoms with van der Waals surface area (Å²) in [4.78, 5) is 12.0. The number of carboxylic acid groups (broad SMARTS) is 1. The number of carbonyl (C=O) groups is 1. The second-order valence-corrected chi connectivity index (χ2v) is 9.25. The Morgan fingerprint density at radius 3 is 1.61 bits per heavy atom. The third-order valence-corrected chi connectivity index (χ3v) is 6.38. The van der Waals surface area contributed by atoms with Crippen LogP contribution >= 0.6 is 0 Å². The van der Waals surface area contributed by atoms with E-state index in [4.69, 9.17) is 4.74 Å². The van der Waals surface area contributed by atoms with Gasteiger partial charge in [-0.25, -0.2) is 4.79 Å². The summed E-state index contributed by atoms with van der Waals surface area (Å²) in [5.41, 5.74) is 1.15. The zero-order valence-corrected chi connectivity index (χ0v) is 21.4. The summed E-state index contributed by atoms with van der Waals surface area (Å²) < 4.78 is 6.07. The molecule has 0 amide bonds. The quantitative estimate of drug-likeness (QED) is 0.134. The summed E-state index contributed by atoms with van der Waals surface area (Å²) >= 11 is 0. The third-order valence-electron chi connectivity index (χ3n) is 6.38. The number of unbranched alkanes of at least 4 members (excludes halogenated alkanes) is 12. The molecule has 0 saturated heterocycles. The van der Waals surface area contributed by atoms with E-state index < -0.39 is 11.7 Å². The van der Waals surface area contributed by atoms with Gasteiger partial charge in [0.05, 0.1) is 6.61 Å². The molecule has 0 fully saturated rings. The summed E-state index contributed by atoms with van der Waals surface area (Å²) in [6.07, 6.45) is 17.7. The minimum absolute atomic E-state index is 0.269. The molecule has 0 spiro atoms. The van der Waals surface area contributed by atoms with E-state index in [2.05, 4.69) is 20.8 Å². The summed E-state index contributed by atoms with van der Waals surface area (Å²) in [5.74, 6) is -1.83. The van der Waals surface area contributed by atoms with Gasteiger partial charge in [0.2, 0.25) is 0 Å². The van der Waals surface area contributed by atoms with Crippen LogP contribution in [0.5, 0.6) is 17.2 Å². The molecule has 0 unspecified atom stereocenters. The van der Waals surface area contributed by atoms with Gasteiger partial charge in [-0.1, -0.05) is 97.8 Å². The average Bonchev–Trinajstić information content (AvgIpc) is 2.79. The highest BCUT2D eigenvalue weighted by Crippen LogP contribution is 2.44. The summed E-state index contributed by atoms with van der Waals surface area (Å²) in [5, 5.41) is 31.1. The predicted octanol–water partition coefficient (Wildman–Crippen LogP) is 8.17. The molecule has 0 aliphatic heterocycles. The molecule has 1 rings (SSSR count). The molecule has 0 aliphatic carbocycles. The Balaban J connectivity index is 3.07. The number of aromatic carboxylic acids is 1. The van der Waals surface area contributed by atoms with Crippen molar-refractivity contribution in [2.45, 2.75) is 130 Å². The second-order valence-electron chi connectivity index (χ2n) is 9.25. The Labute approximate surface area is 201 Å². The monoisotopic (exact) mass is 464 g/mol. The first-order valence-corrected chi connectivity index (χ1v) is 13.4. The average molecular weight is 465 g/mol. The first kappa shape index (κ1) is 29.1. The number of hydrogen-bond acceptors (Lipinski definition) is 4. The first-order valence-electron chi connectivity index (χ1n) is 13.4. The molecule has 33 heavy (non-hydrogen) atoms. The highest BCUT2D eigenvalue weighted by Gasteiger charge is 2.28. The van der Waals surface area contributed by atoms with Gasteiger partial charge in [0, 0.05) is 11.1 Å². The van der Waals surface area contributed by atoms with Crippen molar-refractivity contribution in [3.8, 4) is 17.2 Å². The second kappa shape index (κ2) is 17.6. The summed E-state index contributed by atoms with van der Waals surface area (Å²) in [6, 6.07) is 0. The van der Waals surface area contributed by atoms with E-state index in [0.717, 1.165) is 76.2 Å². The van der Waals surface area contributed by atoms with Gasteiger partial charge in [-0.3, -0.25) is 0 Å². The fraction of sp³-hybridized carbons (Fsp3) is 0.750. The molecule has 190 valence electrons. The Morgan fingerprint density at radius 2 is 1.09 bits per heavy atom. The molecule has 5 nitrogen and oxygen atoms in total. The van der Waals surface area contributed by atoms with Crippen LogP contribution in [-0.2, 0) is 12.8 Å². The van der Waals surface area contributed by atoms with Crippen molar-refractivity contribution >= 4 is 5.97 Å². The van der Waals surface area contributed by atoms with Crippen molar-refractivity contribution in [1.82, 2.24) is 0 Å². The maximum Gasteiger partial charge on any atom is 0.343 e. The van der Waals surface area contributed by atoms with Crippen molar-refractivity contribution in [2.75, 3.05) is 6.61 Å². The number of ether oxygens (including phenoxy) is 1. The van der Waals surface area contributed by atoms with Gasteiger partial charge in [-0.05, 0) is 32.1 Å². The van der Waals surface area contributed by atoms with E-state index in [1.165, 1.54) is 25.7 Å². The zero-order chi connectivity index (χ0) is 24.5. The van der Waals surface area contributed by atoms with Crippen LogP contribution in [0.1, 0.15) is 139 Å². The molecule has 0 atom stereocenters. The van der Waals surface area contributed by atoms with Crippen molar-refractivity contribution in [2.24, 2.45) is 0 Å². The lowest BCUT2D eigenvalue weighted by atomic mass is 9.91. The minimum Gasteiger partial charge on any atom is -0.504 e. The van der Waals surface area contributed by atoms with Gasteiger partial charge in [0.25, 0.3) is 0 Å². The van der Waals surface area contributed by atoms with Crippen LogP contribution in [0.2, 0.25) is 0 Å². The van der Waals surface area contributed by atoms with E-state index in [1.54, 1.807) is 0 Å². The van der Waals surface area contributed by atoms with Gasteiger partial charge in [0.15, 0.2) is 11.5 Å². The number of carboxylic acids is 1. The van der Waals surface area contributed by atoms with Gasteiger partial charge in [-0.2, -0.15) is 0 Å². The van der Waals surface area contributed by atoms with E-state index in [1.807, 2.05) is 0 Å². The molecule has 1 aromatic carbocycles. The van der Waals surface area contributed by atoms with Crippen molar-refractivity contribution in [1.29, 1.82) is 0 Å². The molecule has 0 radical (unpaired) electrons. The van der Waals surface area contributed by atoms with E-state index in [9.17, 15) is 20.1 Å². The molecule has 3 N–H and O–H groups in total. The molecule has 0 aromatic heterocycles. The Kier molecular flexibility index (Phi) is 15.5. The van der Waals surface area contributed by atoms with Gasteiger partial charge in [0.1, 0.15) is 11.3 Å². The highest BCUT2D eigenvalue weighted by atomic mass is 16.5. The molecule has 0 bridgehead atoms. The molecular weight excluding hydrogens is 416 g/mol. The number of rotatable bonds is 20. The topological polar surface area (TPSA) is 87.0 Å². The smallest absolute Gasteiger partial charge is 0.343 e. The molecule has 5 heteroatoms. The molecular formula is C28H48O5. The Hall–Kier alpha value is -1.91. The Morgan fingerprint density at radius 1 is 0.636 bits per heavy atom. The number of benzene rings is 1. The van der Waals surface area contributed by atoms with Crippen LogP contribution in [0.25, 0.3) is 0 Å². The maximum absolute atomic E-state index is 12.0. The zero-order valence-electron chi connectivity index (χ0n) is 21.4. The van der Waals surface area contributed by atoms with Crippen LogP contribution < -0.4 is 4.74 Å². The van der Waals surface area contributed by atoms with E-state index >= 15 is 0 Å². The molecule has 0 heterocycles. The lowest BCUT2D eigenvalue weighted by molar-refractivity contribution is 0.0687. The van der Waals surface area contributed by atoms with Crippen LogP contribution in [-0.4, -0.2) is 27.9 Å². The lowest BCUT2D eigenvalue weighted by Crippen LogP contribution is -2.11. The van der Waals surface area contributed by atoms with Crippen LogP contribution in [0.15, 0.2) is 0 Å². The van der Waals surface area contributed by atoms with Crippen LogP contribution in [0.3, 0.4) is 0 Å². The number of phenolic OH excluding ortho intramolecular Hbond substituents is 1. The number of phenols is 2. The molecule has 1 aromatic rings. The third kappa shape index (κ3) is 10.3. The van der Waals surface area contributed by atoms with Gasteiger partial charge in [-0.15, -0.1) is 0 Å². The van der Waals surface area contributed by atoms with E-state index in [0.29, 0.717) is 25.0 Å².